The molecule has 1 spiro atoms. The normalized spacial score (nSPS) is 23.8. The number of hydrogen-bond donors (Lipinski definition) is 1. The summed E-state index contributed by atoms with van der Waals surface area (Å²) < 4.78 is 11.2. The predicted molar refractivity (Wildman–Crippen MR) is 122 cm³/mol. The number of para-hydroxylation sites is 3. The number of carbonyl (C=O) groups is 1. The molecule has 4 aliphatic rings. The molecule has 6 rings (SSSR count). The summed E-state index contributed by atoms with van der Waals surface area (Å²) in [6.07, 6.45) is 5.89. The Morgan fingerprint density at radius 3 is 2.81 bits per heavy atom. The van der Waals surface area contributed by atoms with E-state index >= 15 is 0 Å². The van der Waals surface area contributed by atoms with E-state index in [2.05, 4.69) is 21.3 Å². The van der Waals surface area contributed by atoms with Gasteiger partial charge in [-0.1, -0.05) is 24.3 Å². The lowest BCUT2D eigenvalue weighted by Crippen LogP contribution is -2.56. The maximum atomic E-state index is 13.6. The topological polar surface area (TPSA) is 66.4 Å². The Balaban J connectivity index is 1.13. The van der Waals surface area contributed by atoms with Crippen LogP contribution in [0.25, 0.3) is 0 Å². The van der Waals surface area contributed by atoms with Gasteiger partial charge in [0.2, 0.25) is 12.7 Å². The van der Waals surface area contributed by atoms with Crippen LogP contribution in [0.1, 0.15) is 31.2 Å². The first-order valence-electron chi connectivity index (χ1n) is 11.5. The number of likely N-dealkylation sites (tertiary alicyclic amines) is 2. The van der Waals surface area contributed by atoms with Gasteiger partial charge in [-0.2, -0.15) is 0 Å². The zero-order valence-electron chi connectivity index (χ0n) is 18.1. The number of benzene rings is 2. The van der Waals surface area contributed by atoms with E-state index in [-0.39, 0.29) is 18.4 Å². The van der Waals surface area contributed by atoms with E-state index in [0.717, 1.165) is 73.8 Å². The maximum Gasteiger partial charge on any atom is 0.231 e. The summed E-state index contributed by atoms with van der Waals surface area (Å²) in [6, 6.07) is 14.1. The van der Waals surface area contributed by atoms with Gasteiger partial charge in [0, 0.05) is 38.0 Å². The molecule has 0 bridgehead atoms. The van der Waals surface area contributed by atoms with Gasteiger partial charge in [-0.25, -0.2) is 0 Å². The highest BCUT2D eigenvalue weighted by Crippen LogP contribution is 2.43. The Bertz CT molecular complexity index is 1060. The second-order valence-corrected chi connectivity index (χ2v) is 9.18. The molecule has 0 radical (unpaired) electrons. The van der Waals surface area contributed by atoms with Crippen LogP contribution in [-0.2, 0) is 11.3 Å². The first-order chi connectivity index (χ1) is 15.7. The zero-order chi connectivity index (χ0) is 21.5. The third-order valence-corrected chi connectivity index (χ3v) is 7.37. The SMILES string of the molecule is O=C1N(Cc2cccc3c2OCO3)CCCC12CCN(C1C=Nc3ccccc3N1)CC2. The third kappa shape index (κ3) is 3.32. The maximum absolute atomic E-state index is 13.6. The fourth-order valence-electron chi connectivity index (χ4n) is 5.56. The number of nitrogens with one attached hydrogen (secondary N) is 1. The molecule has 32 heavy (non-hydrogen) atoms. The van der Waals surface area contributed by atoms with Gasteiger partial charge in [0.1, 0.15) is 6.17 Å². The van der Waals surface area contributed by atoms with Crippen molar-refractivity contribution in [1.82, 2.24) is 9.80 Å². The summed E-state index contributed by atoms with van der Waals surface area (Å²) in [7, 11) is 0. The highest BCUT2D eigenvalue weighted by Gasteiger charge is 2.46. The minimum absolute atomic E-state index is 0.0844. The molecule has 1 unspecified atom stereocenters. The lowest BCUT2D eigenvalue weighted by molar-refractivity contribution is -0.150. The van der Waals surface area contributed by atoms with Crippen molar-refractivity contribution in [3.8, 4) is 11.5 Å². The van der Waals surface area contributed by atoms with Crippen molar-refractivity contribution in [2.45, 2.75) is 38.4 Å². The molecule has 7 heteroatoms. The van der Waals surface area contributed by atoms with Crippen LogP contribution in [0.4, 0.5) is 11.4 Å². The van der Waals surface area contributed by atoms with Crippen molar-refractivity contribution in [2.75, 3.05) is 31.7 Å². The number of ether oxygens (including phenoxy) is 2. The molecule has 2 saturated heterocycles. The fraction of sp³-hybridized carbons (Fsp3) is 0.440. The van der Waals surface area contributed by atoms with Crippen molar-refractivity contribution in [1.29, 1.82) is 0 Å². The van der Waals surface area contributed by atoms with Gasteiger partial charge in [-0.05, 0) is 43.9 Å². The Kier molecular flexibility index (Phi) is 4.79. The van der Waals surface area contributed by atoms with Gasteiger partial charge in [0.25, 0.3) is 0 Å². The summed E-state index contributed by atoms with van der Waals surface area (Å²) >= 11 is 0. The Labute approximate surface area is 188 Å². The molecular weight excluding hydrogens is 404 g/mol. The molecule has 0 saturated carbocycles. The minimum atomic E-state index is -0.242. The number of carbonyl (C=O) groups excluding carboxylic acids is 1. The van der Waals surface area contributed by atoms with Crippen molar-refractivity contribution in [3.05, 3.63) is 48.0 Å². The van der Waals surface area contributed by atoms with Crippen LogP contribution in [-0.4, -0.2) is 54.5 Å². The number of rotatable bonds is 3. The molecule has 2 aromatic rings. The fourth-order valence-corrected chi connectivity index (χ4v) is 5.56. The molecule has 0 aromatic heterocycles. The molecule has 4 aliphatic heterocycles. The third-order valence-electron chi connectivity index (χ3n) is 7.37. The van der Waals surface area contributed by atoms with Crippen molar-refractivity contribution < 1.29 is 14.3 Å². The van der Waals surface area contributed by atoms with Gasteiger partial charge in [0.15, 0.2) is 11.5 Å². The quantitative estimate of drug-likeness (QED) is 0.800. The summed E-state index contributed by atoms with van der Waals surface area (Å²) in [4.78, 5) is 22.7. The second-order valence-electron chi connectivity index (χ2n) is 9.18. The molecule has 1 N–H and O–H groups in total. The highest BCUT2D eigenvalue weighted by molar-refractivity contribution is 5.84. The van der Waals surface area contributed by atoms with E-state index < -0.39 is 0 Å². The van der Waals surface area contributed by atoms with E-state index in [0.29, 0.717) is 12.5 Å². The van der Waals surface area contributed by atoms with Crippen molar-refractivity contribution >= 4 is 23.5 Å². The van der Waals surface area contributed by atoms with Gasteiger partial charge in [-0.3, -0.25) is 14.7 Å². The van der Waals surface area contributed by atoms with E-state index in [9.17, 15) is 4.79 Å². The van der Waals surface area contributed by atoms with Gasteiger partial charge in [-0.15, -0.1) is 0 Å². The first-order valence-corrected chi connectivity index (χ1v) is 11.5. The van der Waals surface area contributed by atoms with E-state index in [4.69, 9.17) is 9.47 Å². The summed E-state index contributed by atoms with van der Waals surface area (Å²) in [5.41, 5.74) is 2.84. The summed E-state index contributed by atoms with van der Waals surface area (Å²) in [5, 5.41) is 3.59. The molecule has 2 aromatic carbocycles. The number of aliphatic imine (C=N–C) groups is 1. The van der Waals surface area contributed by atoms with E-state index in [1.807, 2.05) is 47.5 Å². The zero-order valence-corrected chi connectivity index (χ0v) is 18.1. The smallest absolute Gasteiger partial charge is 0.231 e. The molecule has 1 atom stereocenters. The largest absolute Gasteiger partial charge is 0.454 e. The Hall–Kier alpha value is -3.06. The van der Waals surface area contributed by atoms with Crippen LogP contribution in [0.2, 0.25) is 0 Å². The van der Waals surface area contributed by atoms with E-state index in [1.165, 1.54) is 0 Å². The minimum Gasteiger partial charge on any atom is -0.454 e. The predicted octanol–water partition coefficient (Wildman–Crippen LogP) is 3.77. The Morgan fingerprint density at radius 2 is 1.91 bits per heavy atom. The van der Waals surface area contributed by atoms with Gasteiger partial charge in [0.05, 0.1) is 16.8 Å². The Morgan fingerprint density at radius 1 is 1.03 bits per heavy atom. The average Bonchev–Trinajstić information content (AvgIpc) is 3.32. The molecular formula is C25H28N4O3. The van der Waals surface area contributed by atoms with Gasteiger partial charge >= 0.3 is 0 Å². The average molecular weight is 433 g/mol. The highest BCUT2D eigenvalue weighted by atomic mass is 16.7. The van der Waals surface area contributed by atoms with Crippen LogP contribution in [0.5, 0.6) is 11.5 Å². The van der Waals surface area contributed by atoms with Crippen LogP contribution < -0.4 is 14.8 Å². The molecule has 4 heterocycles. The second kappa shape index (κ2) is 7.81. The van der Waals surface area contributed by atoms with Crippen molar-refractivity contribution in [3.63, 3.8) is 0 Å². The lowest BCUT2D eigenvalue weighted by atomic mass is 9.71. The van der Waals surface area contributed by atoms with Crippen LogP contribution in [0.3, 0.4) is 0 Å². The standard InChI is InChI=1S/C25H28N4O3/c30-24-25(9-4-12-29(24)16-18-5-3-8-21-23(18)32-17-31-21)10-13-28(14-11-25)22-15-26-19-6-1-2-7-20(19)27-22/h1-3,5-8,15,22,27H,4,9-14,16-17H2. The molecule has 0 aliphatic carbocycles. The van der Waals surface area contributed by atoms with Crippen LogP contribution in [0.15, 0.2) is 47.5 Å². The van der Waals surface area contributed by atoms with Crippen molar-refractivity contribution in [2.24, 2.45) is 10.4 Å². The monoisotopic (exact) mass is 432 g/mol. The number of hydrogen-bond acceptors (Lipinski definition) is 6. The lowest BCUT2D eigenvalue weighted by Gasteiger charge is -2.47. The number of fused-ring (bicyclic) bond motifs is 2. The number of amides is 1. The van der Waals surface area contributed by atoms with Crippen LogP contribution >= 0.6 is 0 Å². The number of nitrogens with zero attached hydrogens (tertiary/aromatic N) is 3. The summed E-state index contributed by atoms with van der Waals surface area (Å²) in [6.45, 7) is 3.43. The van der Waals surface area contributed by atoms with E-state index in [1.54, 1.807) is 0 Å². The molecule has 7 nitrogen and oxygen atoms in total. The van der Waals surface area contributed by atoms with Gasteiger partial charge < -0.3 is 19.7 Å². The molecule has 1 amide bonds. The molecule has 2 fully saturated rings. The molecule has 166 valence electrons. The van der Waals surface area contributed by atoms with Crippen LogP contribution in [0, 0.1) is 5.41 Å². The first kappa shape index (κ1) is 19.6. The number of piperidine rings is 2. The summed E-state index contributed by atoms with van der Waals surface area (Å²) in [5.74, 6) is 1.87. The number of anilines is 1.